The number of benzene rings is 2. The molecule has 4 nitrogen and oxygen atoms in total. The molecule has 0 saturated heterocycles. The summed E-state index contributed by atoms with van der Waals surface area (Å²) in [6.07, 6.45) is 0. The summed E-state index contributed by atoms with van der Waals surface area (Å²) in [5.41, 5.74) is 2.22. The summed E-state index contributed by atoms with van der Waals surface area (Å²) in [4.78, 5) is 0.214. The largest absolute Gasteiger partial charge is 0.495 e. The van der Waals surface area contributed by atoms with E-state index in [1.807, 2.05) is 19.1 Å². The summed E-state index contributed by atoms with van der Waals surface area (Å²) in [7, 11) is -2.18. The first-order chi connectivity index (χ1) is 11.0. The zero-order valence-corrected chi connectivity index (χ0v) is 16.9. The van der Waals surface area contributed by atoms with E-state index >= 15 is 0 Å². The topological polar surface area (TPSA) is 55.4 Å². The van der Waals surface area contributed by atoms with Gasteiger partial charge in [-0.25, -0.2) is 8.42 Å². The molecule has 2 aromatic carbocycles. The zero-order valence-electron chi connectivity index (χ0n) is 14.5. The molecule has 0 aromatic heterocycles. The fraction of sp³-hybridized carbons (Fsp3) is 0.333. The van der Waals surface area contributed by atoms with Gasteiger partial charge in [0.05, 0.1) is 17.7 Å². The Balaban J connectivity index is 2.46. The Morgan fingerprint density at radius 2 is 1.75 bits per heavy atom. The molecular formula is C18H22BrNO3S. The highest BCUT2D eigenvalue weighted by atomic mass is 79.9. The van der Waals surface area contributed by atoms with Crippen molar-refractivity contribution >= 4 is 31.6 Å². The maximum Gasteiger partial charge on any atom is 0.262 e. The highest BCUT2D eigenvalue weighted by Gasteiger charge is 2.20. The summed E-state index contributed by atoms with van der Waals surface area (Å²) in [5, 5.41) is 0. The van der Waals surface area contributed by atoms with Gasteiger partial charge in [-0.3, -0.25) is 4.72 Å². The van der Waals surface area contributed by atoms with Crippen molar-refractivity contribution in [3.63, 3.8) is 0 Å². The molecule has 6 heteroatoms. The Morgan fingerprint density at radius 3 is 2.29 bits per heavy atom. The molecule has 2 rings (SSSR count). The minimum Gasteiger partial charge on any atom is -0.495 e. The molecule has 0 aliphatic heterocycles. The summed E-state index contributed by atoms with van der Waals surface area (Å²) in [6.45, 7) is 8.07. The van der Waals surface area contributed by atoms with Gasteiger partial charge in [-0.2, -0.15) is 0 Å². The number of aryl methyl sites for hydroxylation is 1. The second kappa shape index (κ2) is 6.76. The predicted octanol–water partition coefficient (Wildman–Crippen LogP) is 4.86. The number of rotatable bonds is 4. The van der Waals surface area contributed by atoms with Gasteiger partial charge in [0.15, 0.2) is 0 Å². The third-order valence-corrected chi connectivity index (χ3v) is 6.00. The van der Waals surface area contributed by atoms with E-state index in [2.05, 4.69) is 41.4 Å². The molecule has 0 fully saturated rings. The number of ether oxygens (including phenoxy) is 1. The van der Waals surface area contributed by atoms with Gasteiger partial charge in [0.1, 0.15) is 5.75 Å². The Morgan fingerprint density at radius 1 is 1.08 bits per heavy atom. The van der Waals surface area contributed by atoms with Crippen LogP contribution in [0.15, 0.2) is 45.8 Å². The van der Waals surface area contributed by atoms with Crippen LogP contribution < -0.4 is 9.46 Å². The molecule has 0 radical (unpaired) electrons. The lowest BCUT2D eigenvalue weighted by Gasteiger charge is -2.21. The summed E-state index contributed by atoms with van der Waals surface area (Å²) in [5.74, 6) is 0.486. The lowest BCUT2D eigenvalue weighted by Crippen LogP contribution is -2.16. The molecule has 130 valence electrons. The fourth-order valence-electron chi connectivity index (χ4n) is 2.24. The van der Waals surface area contributed by atoms with Gasteiger partial charge in [0.25, 0.3) is 10.0 Å². The van der Waals surface area contributed by atoms with Gasteiger partial charge in [0.2, 0.25) is 0 Å². The number of hydrogen-bond acceptors (Lipinski definition) is 3. The molecule has 0 atom stereocenters. The van der Waals surface area contributed by atoms with Gasteiger partial charge >= 0.3 is 0 Å². The average Bonchev–Trinajstić information content (AvgIpc) is 2.48. The zero-order chi connectivity index (χ0) is 18.1. The highest BCUT2D eigenvalue weighted by molar-refractivity contribution is 9.10. The molecule has 1 N–H and O–H groups in total. The van der Waals surface area contributed by atoms with Crippen molar-refractivity contribution in [2.24, 2.45) is 0 Å². The van der Waals surface area contributed by atoms with Crippen LogP contribution in [0.25, 0.3) is 0 Å². The fourth-order valence-corrected chi connectivity index (χ4v) is 3.63. The van der Waals surface area contributed by atoms with Crippen molar-refractivity contribution in [3.8, 4) is 5.75 Å². The molecule has 0 saturated carbocycles. The molecule has 0 bridgehead atoms. The number of nitrogens with one attached hydrogen (secondary N) is 1. The summed E-state index contributed by atoms with van der Waals surface area (Å²) in [6, 6.07) is 10.5. The van der Waals surface area contributed by atoms with Crippen LogP contribution in [0.2, 0.25) is 0 Å². The van der Waals surface area contributed by atoms with Crippen molar-refractivity contribution in [2.45, 2.75) is 38.0 Å². The van der Waals surface area contributed by atoms with E-state index in [4.69, 9.17) is 4.74 Å². The van der Waals surface area contributed by atoms with E-state index in [0.29, 0.717) is 11.4 Å². The molecule has 0 heterocycles. The van der Waals surface area contributed by atoms with E-state index in [0.717, 1.165) is 15.6 Å². The van der Waals surface area contributed by atoms with Gasteiger partial charge in [0, 0.05) is 4.47 Å². The molecule has 0 aliphatic rings. The molecule has 2 aromatic rings. The normalized spacial score (nSPS) is 12.1. The third-order valence-electron chi connectivity index (χ3n) is 3.75. The Kier molecular flexibility index (Phi) is 5.30. The van der Waals surface area contributed by atoms with Crippen LogP contribution in [-0.4, -0.2) is 15.5 Å². The van der Waals surface area contributed by atoms with E-state index in [-0.39, 0.29) is 10.3 Å². The summed E-state index contributed by atoms with van der Waals surface area (Å²) < 4.78 is 34.2. The Bertz CT molecular complexity index is 855. The van der Waals surface area contributed by atoms with Crippen LogP contribution in [0, 0.1) is 6.92 Å². The van der Waals surface area contributed by atoms with Gasteiger partial charge in [-0.1, -0.05) is 42.8 Å². The lowest BCUT2D eigenvalue weighted by molar-refractivity contribution is 0.416. The predicted molar refractivity (Wildman–Crippen MR) is 101 cm³/mol. The molecule has 0 spiro atoms. The third kappa shape index (κ3) is 4.11. The van der Waals surface area contributed by atoms with Crippen LogP contribution >= 0.6 is 15.9 Å². The second-order valence-corrected chi connectivity index (χ2v) is 9.22. The second-order valence-electron chi connectivity index (χ2n) is 6.68. The lowest BCUT2D eigenvalue weighted by atomic mass is 9.87. The van der Waals surface area contributed by atoms with Crippen molar-refractivity contribution in [1.82, 2.24) is 0 Å². The number of sulfonamides is 1. The van der Waals surface area contributed by atoms with Crippen molar-refractivity contribution in [2.75, 3.05) is 11.8 Å². The summed E-state index contributed by atoms with van der Waals surface area (Å²) >= 11 is 3.38. The SMILES string of the molecule is COc1ccc(C(C)(C)C)cc1NS(=O)(=O)c1ccc(Br)c(C)c1. The average molecular weight is 412 g/mol. The number of halogens is 1. The van der Waals surface area contributed by atoms with Crippen LogP contribution in [0.5, 0.6) is 5.75 Å². The maximum absolute atomic E-state index is 12.7. The quantitative estimate of drug-likeness (QED) is 0.780. The van der Waals surface area contributed by atoms with Crippen LogP contribution in [-0.2, 0) is 15.4 Å². The smallest absolute Gasteiger partial charge is 0.262 e. The van der Waals surface area contributed by atoms with Crippen LogP contribution in [0.4, 0.5) is 5.69 Å². The van der Waals surface area contributed by atoms with E-state index in [9.17, 15) is 8.42 Å². The molecule has 0 aliphatic carbocycles. The van der Waals surface area contributed by atoms with Crippen LogP contribution in [0.3, 0.4) is 0 Å². The number of anilines is 1. The molecule has 0 amide bonds. The van der Waals surface area contributed by atoms with Gasteiger partial charge in [-0.05, 0) is 53.8 Å². The number of methoxy groups -OCH3 is 1. The highest BCUT2D eigenvalue weighted by Crippen LogP contribution is 2.33. The Hall–Kier alpha value is -1.53. The Labute approximate surface area is 152 Å². The molecular weight excluding hydrogens is 390 g/mol. The first-order valence-corrected chi connectivity index (χ1v) is 9.80. The van der Waals surface area contributed by atoms with Crippen molar-refractivity contribution < 1.29 is 13.2 Å². The minimum absolute atomic E-state index is 0.0966. The first kappa shape index (κ1) is 18.8. The van der Waals surface area contributed by atoms with E-state index in [1.165, 1.54) is 7.11 Å². The van der Waals surface area contributed by atoms with Crippen LogP contribution in [0.1, 0.15) is 31.9 Å². The van der Waals surface area contributed by atoms with Gasteiger partial charge in [-0.15, -0.1) is 0 Å². The minimum atomic E-state index is -3.70. The maximum atomic E-state index is 12.7. The first-order valence-electron chi connectivity index (χ1n) is 7.52. The van der Waals surface area contributed by atoms with E-state index < -0.39 is 10.0 Å². The van der Waals surface area contributed by atoms with Crippen molar-refractivity contribution in [3.05, 3.63) is 52.0 Å². The number of hydrogen-bond donors (Lipinski definition) is 1. The van der Waals surface area contributed by atoms with Gasteiger partial charge < -0.3 is 4.74 Å². The van der Waals surface area contributed by atoms with E-state index in [1.54, 1.807) is 24.3 Å². The molecule has 24 heavy (non-hydrogen) atoms. The van der Waals surface area contributed by atoms with Crippen molar-refractivity contribution in [1.29, 1.82) is 0 Å². The monoisotopic (exact) mass is 411 g/mol. The standard InChI is InChI=1S/C18H22BrNO3S/c1-12-10-14(7-8-15(12)19)24(21,22)20-16-11-13(18(2,3)4)6-9-17(16)23-5/h6-11,20H,1-5H3. The molecule has 0 unspecified atom stereocenters.